The van der Waals surface area contributed by atoms with Gasteiger partial charge < -0.3 is 25.1 Å². The first kappa shape index (κ1) is 23.2. The summed E-state index contributed by atoms with van der Waals surface area (Å²) in [7, 11) is 1.55. The highest BCUT2D eigenvalue weighted by Crippen LogP contribution is 2.43. The molecule has 1 aliphatic heterocycles. The van der Waals surface area contributed by atoms with Gasteiger partial charge in [-0.3, -0.25) is 4.79 Å². The highest BCUT2D eigenvalue weighted by Gasteiger charge is 2.23. The minimum atomic E-state index is -0.261. The van der Waals surface area contributed by atoms with Crippen LogP contribution in [0.25, 0.3) is 33.4 Å². The first-order valence-electron chi connectivity index (χ1n) is 12.0. The maximum absolute atomic E-state index is 11.7. The maximum Gasteiger partial charge on any atom is 0.325 e. The van der Waals surface area contributed by atoms with Gasteiger partial charge >= 0.3 is 6.01 Å². The number of methoxy groups -OCH3 is 1. The third-order valence-electron chi connectivity index (χ3n) is 6.28. The van der Waals surface area contributed by atoms with Crippen LogP contribution in [0, 0.1) is 0 Å². The summed E-state index contributed by atoms with van der Waals surface area (Å²) >= 11 is 0. The fourth-order valence-electron chi connectivity index (χ4n) is 4.55. The first-order valence-corrected chi connectivity index (χ1v) is 12.0. The van der Waals surface area contributed by atoms with Crippen LogP contribution in [0.2, 0.25) is 0 Å². The van der Waals surface area contributed by atoms with Crippen LogP contribution >= 0.6 is 0 Å². The number of carbonyl (C=O) groups excluding carboxylic acids is 1. The zero-order valence-corrected chi connectivity index (χ0v) is 20.5. The van der Waals surface area contributed by atoms with Gasteiger partial charge in [-0.25, -0.2) is 15.0 Å². The molecule has 0 atom stereocenters. The Morgan fingerprint density at radius 3 is 2.79 bits per heavy atom. The topological polar surface area (TPSA) is 127 Å². The summed E-state index contributed by atoms with van der Waals surface area (Å²) in [6.07, 6.45) is 5.13. The van der Waals surface area contributed by atoms with Gasteiger partial charge in [-0.1, -0.05) is 24.8 Å². The van der Waals surface area contributed by atoms with Gasteiger partial charge in [-0.05, 0) is 53.5 Å². The molecule has 1 amide bonds. The van der Waals surface area contributed by atoms with Crippen LogP contribution in [0.5, 0.6) is 17.6 Å². The van der Waals surface area contributed by atoms with Crippen LogP contribution in [-0.2, 0) is 11.2 Å². The smallest absolute Gasteiger partial charge is 0.325 e. The van der Waals surface area contributed by atoms with Crippen LogP contribution < -0.4 is 20.1 Å². The Kier molecular flexibility index (Phi) is 5.89. The number of amides is 1. The number of hydrogen-bond acceptors (Lipinski definition) is 8. The molecule has 0 bridgehead atoms. The predicted octanol–water partition coefficient (Wildman–Crippen LogP) is 4.98. The van der Waals surface area contributed by atoms with Crippen molar-refractivity contribution >= 4 is 28.4 Å². The second-order valence-corrected chi connectivity index (χ2v) is 8.57. The van der Waals surface area contributed by atoms with E-state index in [0.717, 1.165) is 51.2 Å². The van der Waals surface area contributed by atoms with Crippen molar-refractivity contribution in [2.24, 2.45) is 0 Å². The van der Waals surface area contributed by atoms with Gasteiger partial charge in [0.25, 0.3) is 0 Å². The monoisotopic (exact) mass is 505 g/mol. The van der Waals surface area contributed by atoms with E-state index in [2.05, 4.69) is 42.1 Å². The van der Waals surface area contributed by atoms with Crippen molar-refractivity contribution in [2.75, 3.05) is 24.3 Å². The average Bonchev–Trinajstić information content (AvgIpc) is 3.33. The Balaban J connectivity index is 1.45. The Labute approximate surface area is 217 Å². The zero-order valence-electron chi connectivity index (χ0n) is 20.5. The Morgan fingerprint density at radius 1 is 1.11 bits per heavy atom. The summed E-state index contributed by atoms with van der Waals surface area (Å²) in [6.45, 7) is 4.19. The molecule has 6 rings (SSSR count). The lowest BCUT2D eigenvalue weighted by Gasteiger charge is -2.18. The molecule has 4 heterocycles. The summed E-state index contributed by atoms with van der Waals surface area (Å²) in [5, 5.41) is 7.14. The number of nitrogens with one attached hydrogen (secondary N) is 3. The van der Waals surface area contributed by atoms with Crippen molar-refractivity contribution in [1.82, 2.24) is 24.9 Å². The van der Waals surface area contributed by atoms with Crippen LogP contribution in [0.1, 0.15) is 5.56 Å². The Morgan fingerprint density at radius 2 is 1.97 bits per heavy atom. The van der Waals surface area contributed by atoms with E-state index in [-0.39, 0.29) is 11.9 Å². The van der Waals surface area contributed by atoms with E-state index in [1.807, 2.05) is 42.5 Å². The number of carbonyl (C=O) groups is 1. The average molecular weight is 506 g/mol. The third-order valence-corrected chi connectivity index (χ3v) is 6.28. The number of aromatic amines is 1. The highest BCUT2D eigenvalue weighted by molar-refractivity contribution is 6.08. The molecular formula is C28H23N7O3. The number of fused-ring (bicyclic) bond motifs is 2. The van der Waals surface area contributed by atoms with E-state index in [1.54, 1.807) is 25.7 Å². The number of nitrogens with zero attached hydrogens (tertiary/aromatic N) is 4. The van der Waals surface area contributed by atoms with Gasteiger partial charge in [0.15, 0.2) is 0 Å². The fourth-order valence-corrected chi connectivity index (χ4v) is 4.55. The molecule has 10 nitrogen and oxygen atoms in total. The lowest BCUT2D eigenvalue weighted by molar-refractivity contribution is -0.111. The predicted molar refractivity (Wildman–Crippen MR) is 144 cm³/mol. The van der Waals surface area contributed by atoms with E-state index in [4.69, 9.17) is 9.47 Å². The molecule has 0 unspecified atom stereocenters. The molecule has 0 saturated heterocycles. The second-order valence-electron chi connectivity index (χ2n) is 8.57. The molecule has 0 spiro atoms. The zero-order chi connectivity index (χ0) is 26.1. The van der Waals surface area contributed by atoms with E-state index in [0.29, 0.717) is 23.9 Å². The molecule has 3 N–H and O–H groups in total. The third kappa shape index (κ3) is 4.28. The molecule has 0 fully saturated rings. The molecule has 0 radical (unpaired) electrons. The highest BCUT2D eigenvalue weighted by atomic mass is 16.5. The van der Waals surface area contributed by atoms with Gasteiger partial charge in [0.1, 0.15) is 23.5 Å². The van der Waals surface area contributed by atoms with E-state index in [1.165, 1.54) is 6.08 Å². The summed E-state index contributed by atoms with van der Waals surface area (Å²) in [5.74, 6) is 1.57. The van der Waals surface area contributed by atoms with Crippen LogP contribution in [0.15, 0.2) is 73.7 Å². The fraction of sp³-hybridized carbons (Fsp3) is 0.107. The normalized spacial score (nSPS) is 12.0. The van der Waals surface area contributed by atoms with Gasteiger partial charge in [0.2, 0.25) is 11.8 Å². The Hall–Kier alpha value is -5.25. The number of H-pyrrole nitrogens is 1. The first-order chi connectivity index (χ1) is 18.6. The van der Waals surface area contributed by atoms with Crippen molar-refractivity contribution in [3.05, 3.63) is 79.3 Å². The molecule has 3 aromatic heterocycles. The van der Waals surface area contributed by atoms with Crippen molar-refractivity contribution in [1.29, 1.82) is 0 Å². The van der Waals surface area contributed by atoms with E-state index < -0.39 is 0 Å². The lowest BCUT2D eigenvalue weighted by atomic mass is 9.92. The van der Waals surface area contributed by atoms with Gasteiger partial charge in [0, 0.05) is 30.1 Å². The molecule has 0 saturated carbocycles. The largest absolute Gasteiger partial charge is 0.481 e. The van der Waals surface area contributed by atoms with Crippen LogP contribution in [0.4, 0.5) is 11.5 Å². The summed E-state index contributed by atoms with van der Waals surface area (Å²) in [4.78, 5) is 32.6. The van der Waals surface area contributed by atoms with Gasteiger partial charge in [0.05, 0.1) is 18.2 Å². The maximum atomic E-state index is 11.7. The number of aromatic nitrogens is 5. The van der Waals surface area contributed by atoms with Crippen molar-refractivity contribution in [3.63, 3.8) is 0 Å². The molecule has 1 aliphatic rings. The van der Waals surface area contributed by atoms with Crippen LogP contribution in [0.3, 0.4) is 0 Å². The molecule has 38 heavy (non-hydrogen) atoms. The van der Waals surface area contributed by atoms with Crippen LogP contribution in [-0.4, -0.2) is 44.5 Å². The van der Waals surface area contributed by atoms with E-state index in [9.17, 15) is 4.79 Å². The van der Waals surface area contributed by atoms with Crippen molar-refractivity contribution in [2.45, 2.75) is 6.42 Å². The molecule has 188 valence electrons. The lowest BCUT2D eigenvalue weighted by Crippen LogP contribution is -2.10. The van der Waals surface area contributed by atoms with Gasteiger partial charge in [-0.2, -0.15) is 4.98 Å². The van der Waals surface area contributed by atoms with Gasteiger partial charge in [-0.15, -0.1) is 0 Å². The summed E-state index contributed by atoms with van der Waals surface area (Å²) in [5.41, 5.74) is 6.38. The molecular weight excluding hydrogens is 482 g/mol. The number of ether oxygens (including phenoxy) is 2. The SMILES string of the molecule is C=CC(=O)Nc1ccc(-c2[nH]c3ncnc4c3c2-c2ccc(Oc3nccc(OC)n3)cc2CCN4)cc1. The summed E-state index contributed by atoms with van der Waals surface area (Å²) in [6, 6.07) is 15.4. The quantitative estimate of drug-likeness (QED) is 0.276. The molecule has 2 aromatic carbocycles. The standard InChI is InChI=1S/C28H23N7O3/c1-3-21(36)33-18-6-4-16(5-7-18)25-23-20-9-8-19(38-28-30-13-11-22(34-28)37-2)14-17(20)10-12-29-26-24(23)27(35-25)32-15-31-26/h3-9,11,13-15H,1,10,12H2,2H3,(H,33,36)(H2,29,31,32,35). The molecule has 0 aliphatic carbocycles. The minimum absolute atomic E-state index is 0.209. The summed E-state index contributed by atoms with van der Waals surface area (Å²) < 4.78 is 11.1. The number of anilines is 2. The minimum Gasteiger partial charge on any atom is -0.481 e. The number of benzene rings is 2. The second kappa shape index (κ2) is 9.66. The van der Waals surface area contributed by atoms with Crippen molar-refractivity contribution in [3.8, 4) is 40.0 Å². The molecule has 5 aromatic rings. The molecule has 10 heteroatoms. The Bertz CT molecular complexity index is 1680. The number of hydrogen-bond donors (Lipinski definition) is 3. The number of rotatable bonds is 6. The van der Waals surface area contributed by atoms with Crippen molar-refractivity contribution < 1.29 is 14.3 Å². The van der Waals surface area contributed by atoms with E-state index >= 15 is 0 Å².